The van der Waals surface area contributed by atoms with Gasteiger partial charge in [-0.05, 0) is 11.4 Å². The summed E-state index contributed by atoms with van der Waals surface area (Å²) in [5.74, 6) is -0.138. The van der Waals surface area contributed by atoms with Crippen LogP contribution in [0.1, 0.15) is 9.67 Å². The molecule has 26 heavy (non-hydrogen) atoms. The Morgan fingerprint density at radius 3 is 2.15 bits per heavy atom. The van der Waals surface area contributed by atoms with Crippen LogP contribution in [0.15, 0.2) is 41.4 Å². The average molecular weight is 387 g/mol. The van der Waals surface area contributed by atoms with Gasteiger partial charge in [-0.15, -0.1) is 11.3 Å². The minimum atomic E-state index is -4.76. The summed E-state index contributed by atoms with van der Waals surface area (Å²) in [4.78, 5) is 12.2. The van der Waals surface area contributed by atoms with Crippen LogP contribution in [0, 0.1) is 0 Å². The Balaban J connectivity index is 2.42. The fraction of sp³-hybridized carbons (Fsp3) is 0.235. The number of alkyl halides is 3. The quantitative estimate of drug-likeness (QED) is 0.559. The number of halogens is 3. The zero-order valence-corrected chi connectivity index (χ0v) is 15.0. The predicted octanol–water partition coefficient (Wildman–Crippen LogP) is 4.51. The average Bonchev–Trinajstić information content (AvgIpc) is 3.14. The van der Waals surface area contributed by atoms with E-state index in [1.165, 1.54) is 39.5 Å². The van der Waals surface area contributed by atoms with Crippen LogP contribution >= 0.6 is 11.3 Å². The molecule has 1 heterocycles. The van der Waals surface area contributed by atoms with Crippen LogP contribution < -0.4 is 19.5 Å². The van der Waals surface area contributed by atoms with Gasteiger partial charge in [0.25, 0.3) is 0 Å². The van der Waals surface area contributed by atoms with Crippen molar-refractivity contribution >= 4 is 22.8 Å². The van der Waals surface area contributed by atoms with Gasteiger partial charge in [0.1, 0.15) is 5.70 Å². The maximum absolute atomic E-state index is 13.4. The number of ketones is 1. The van der Waals surface area contributed by atoms with Crippen molar-refractivity contribution in [1.82, 2.24) is 0 Å². The Hall–Kier alpha value is -2.68. The first-order chi connectivity index (χ1) is 12.3. The van der Waals surface area contributed by atoms with Gasteiger partial charge in [0.05, 0.1) is 26.2 Å². The van der Waals surface area contributed by atoms with Crippen LogP contribution in [-0.2, 0) is 0 Å². The number of rotatable bonds is 7. The van der Waals surface area contributed by atoms with Gasteiger partial charge in [0.2, 0.25) is 5.75 Å². The molecule has 0 aliphatic rings. The molecule has 2 aromatic rings. The number of ether oxygens (including phenoxy) is 3. The minimum Gasteiger partial charge on any atom is -0.493 e. The van der Waals surface area contributed by atoms with Gasteiger partial charge in [-0.25, -0.2) is 0 Å². The Morgan fingerprint density at radius 1 is 1.12 bits per heavy atom. The first kappa shape index (κ1) is 19.6. The van der Waals surface area contributed by atoms with Crippen LogP contribution in [0.25, 0.3) is 0 Å². The van der Waals surface area contributed by atoms with Crippen LogP contribution in [0.3, 0.4) is 0 Å². The molecule has 0 unspecified atom stereocenters. The van der Waals surface area contributed by atoms with Crippen molar-refractivity contribution in [2.45, 2.75) is 6.18 Å². The van der Waals surface area contributed by atoms with Gasteiger partial charge in [-0.3, -0.25) is 4.79 Å². The lowest BCUT2D eigenvalue weighted by Crippen LogP contribution is -2.20. The number of benzene rings is 1. The highest BCUT2D eigenvalue weighted by Gasteiger charge is 2.35. The van der Waals surface area contributed by atoms with E-state index in [2.05, 4.69) is 5.32 Å². The molecule has 140 valence electrons. The highest BCUT2D eigenvalue weighted by atomic mass is 32.1. The van der Waals surface area contributed by atoms with Crippen LogP contribution in [-0.4, -0.2) is 33.3 Å². The molecule has 1 aromatic carbocycles. The van der Waals surface area contributed by atoms with Crippen molar-refractivity contribution in [2.75, 3.05) is 26.6 Å². The summed E-state index contributed by atoms with van der Waals surface area (Å²) in [6.07, 6.45) is -4.23. The summed E-state index contributed by atoms with van der Waals surface area (Å²) in [7, 11) is 4.08. The number of carbonyl (C=O) groups is 1. The predicted molar refractivity (Wildman–Crippen MR) is 92.5 cm³/mol. The molecule has 1 aromatic heterocycles. The first-order valence-corrected chi connectivity index (χ1v) is 8.12. The fourth-order valence-corrected chi connectivity index (χ4v) is 2.75. The Labute approximate surface area is 152 Å². The second kappa shape index (κ2) is 8.13. The van der Waals surface area contributed by atoms with Gasteiger partial charge >= 0.3 is 6.18 Å². The maximum Gasteiger partial charge on any atom is 0.431 e. The lowest BCUT2D eigenvalue weighted by Gasteiger charge is -2.17. The molecule has 9 heteroatoms. The van der Waals surface area contributed by atoms with Crippen LogP contribution in [0.2, 0.25) is 0 Å². The monoisotopic (exact) mass is 387 g/mol. The van der Waals surface area contributed by atoms with Gasteiger partial charge < -0.3 is 19.5 Å². The SMILES string of the molecule is COc1cc(N/C(=C/C(=O)c2cccs2)C(F)(F)F)cc(OC)c1OC. The third-order valence-electron chi connectivity index (χ3n) is 3.29. The van der Waals surface area contributed by atoms with E-state index >= 15 is 0 Å². The van der Waals surface area contributed by atoms with Gasteiger partial charge in [-0.1, -0.05) is 6.07 Å². The fourth-order valence-electron chi connectivity index (χ4n) is 2.12. The molecule has 0 spiro atoms. The molecule has 1 N–H and O–H groups in total. The summed E-state index contributed by atoms with van der Waals surface area (Å²) in [5, 5.41) is 3.83. The molecule has 5 nitrogen and oxygen atoms in total. The highest BCUT2D eigenvalue weighted by molar-refractivity contribution is 7.12. The van der Waals surface area contributed by atoms with Crippen molar-refractivity contribution < 1.29 is 32.2 Å². The molecule has 2 rings (SSSR count). The molecular formula is C17H16F3NO4S. The lowest BCUT2D eigenvalue weighted by molar-refractivity contribution is -0.0903. The molecule has 0 fully saturated rings. The maximum atomic E-state index is 13.4. The van der Waals surface area contributed by atoms with Gasteiger partial charge in [0.15, 0.2) is 17.3 Å². The van der Waals surface area contributed by atoms with E-state index in [4.69, 9.17) is 14.2 Å². The third kappa shape index (κ3) is 4.48. The second-order valence-corrected chi connectivity index (χ2v) is 5.88. The summed E-state index contributed by atoms with van der Waals surface area (Å²) in [5.41, 5.74) is -1.17. The van der Waals surface area contributed by atoms with Gasteiger partial charge in [0, 0.05) is 23.9 Å². The number of carbonyl (C=O) groups excluding carboxylic acids is 1. The Bertz CT molecular complexity index is 776. The second-order valence-electron chi connectivity index (χ2n) is 4.94. The number of hydrogen-bond donors (Lipinski definition) is 1. The van der Waals surface area contributed by atoms with E-state index < -0.39 is 17.7 Å². The number of hydrogen-bond acceptors (Lipinski definition) is 6. The normalized spacial score (nSPS) is 11.8. The van der Waals surface area contributed by atoms with Crippen molar-refractivity contribution in [2.24, 2.45) is 0 Å². The summed E-state index contributed by atoms with van der Waals surface area (Å²) in [6, 6.07) is 5.68. The number of allylic oxidation sites excluding steroid dienone is 2. The van der Waals surface area contributed by atoms with Crippen LogP contribution in [0.5, 0.6) is 17.2 Å². The zero-order chi connectivity index (χ0) is 19.3. The molecule has 0 amide bonds. The molecule has 0 atom stereocenters. The molecular weight excluding hydrogens is 371 g/mol. The Kier molecular flexibility index (Phi) is 6.14. The summed E-state index contributed by atoms with van der Waals surface area (Å²) < 4.78 is 55.4. The smallest absolute Gasteiger partial charge is 0.431 e. The van der Waals surface area contributed by atoms with E-state index in [0.717, 1.165) is 11.3 Å². The largest absolute Gasteiger partial charge is 0.493 e. The van der Waals surface area contributed by atoms with E-state index in [-0.39, 0.29) is 27.8 Å². The highest BCUT2D eigenvalue weighted by Crippen LogP contribution is 2.41. The molecule has 0 radical (unpaired) electrons. The number of thiophene rings is 1. The van der Waals surface area contributed by atoms with E-state index in [0.29, 0.717) is 6.08 Å². The first-order valence-electron chi connectivity index (χ1n) is 7.24. The molecule has 0 aliphatic heterocycles. The standard InChI is InChI=1S/C17H16F3NO4S/c1-23-12-7-10(8-13(24-2)16(12)25-3)21-15(17(18,19)20)9-11(22)14-5-4-6-26-14/h4-9,21H,1-3H3/b15-9+. The molecule has 0 saturated carbocycles. The molecule has 0 aliphatic carbocycles. The Morgan fingerprint density at radius 2 is 1.73 bits per heavy atom. The van der Waals surface area contributed by atoms with E-state index in [1.54, 1.807) is 11.4 Å². The zero-order valence-electron chi connectivity index (χ0n) is 14.1. The summed E-state index contributed by atoms with van der Waals surface area (Å²) >= 11 is 1.06. The van der Waals surface area contributed by atoms with Crippen LogP contribution in [0.4, 0.5) is 18.9 Å². The van der Waals surface area contributed by atoms with Crippen molar-refractivity contribution in [3.05, 3.63) is 46.3 Å². The van der Waals surface area contributed by atoms with E-state index in [1.807, 2.05) is 0 Å². The van der Waals surface area contributed by atoms with Gasteiger partial charge in [-0.2, -0.15) is 13.2 Å². The van der Waals surface area contributed by atoms with Crippen molar-refractivity contribution in [1.29, 1.82) is 0 Å². The number of anilines is 1. The number of methoxy groups -OCH3 is 3. The lowest BCUT2D eigenvalue weighted by atomic mass is 10.2. The van der Waals surface area contributed by atoms with E-state index in [9.17, 15) is 18.0 Å². The summed E-state index contributed by atoms with van der Waals surface area (Å²) in [6.45, 7) is 0. The van der Waals surface area contributed by atoms with Crippen molar-refractivity contribution in [3.63, 3.8) is 0 Å². The number of nitrogens with one attached hydrogen (secondary N) is 1. The third-order valence-corrected chi connectivity index (χ3v) is 4.17. The minimum absolute atomic E-state index is 0.0297. The molecule has 0 saturated heterocycles. The molecule has 0 bridgehead atoms. The topological polar surface area (TPSA) is 56.8 Å². The van der Waals surface area contributed by atoms with Crippen molar-refractivity contribution in [3.8, 4) is 17.2 Å².